The normalized spacial score (nSPS) is 12.4. The first-order chi connectivity index (χ1) is 7.22. The Labute approximate surface area is 89.3 Å². The Morgan fingerprint density at radius 2 is 2.00 bits per heavy atom. The molecule has 15 heavy (non-hydrogen) atoms. The summed E-state index contributed by atoms with van der Waals surface area (Å²) in [5.74, 6) is 0. The smallest absolute Gasteiger partial charge is 0.438 e. The third-order valence-corrected chi connectivity index (χ3v) is 1.81. The molecule has 0 saturated carbocycles. The monoisotopic (exact) mass is 206 g/mol. The van der Waals surface area contributed by atoms with Crippen molar-refractivity contribution < 1.29 is 14.3 Å². The summed E-state index contributed by atoms with van der Waals surface area (Å²) in [7, 11) is 1.29. The van der Waals surface area contributed by atoms with Crippen molar-refractivity contribution in [2.24, 2.45) is 0 Å². The molecule has 1 rings (SSSR count). The number of methoxy groups -OCH3 is 1. The van der Waals surface area contributed by atoms with E-state index in [-0.39, 0.29) is 6.10 Å². The summed E-state index contributed by atoms with van der Waals surface area (Å²) < 4.78 is 9.25. The quantitative estimate of drug-likeness (QED) is 0.713. The highest BCUT2D eigenvalue weighted by molar-refractivity contribution is 5.60. The Morgan fingerprint density at radius 1 is 1.33 bits per heavy atom. The van der Waals surface area contributed by atoms with Crippen LogP contribution < -0.4 is 0 Å². The molecule has 0 aliphatic heterocycles. The van der Waals surface area contributed by atoms with Crippen molar-refractivity contribution in [3.63, 3.8) is 0 Å². The van der Waals surface area contributed by atoms with Crippen LogP contribution in [-0.4, -0.2) is 19.4 Å². The van der Waals surface area contributed by atoms with Gasteiger partial charge in [-0.15, -0.1) is 0 Å². The first-order valence-electron chi connectivity index (χ1n) is 4.70. The van der Waals surface area contributed by atoms with Gasteiger partial charge in [0.25, 0.3) is 0 Å². The van der Waals surface area contributed by atoms with Crippen molar-refractivity contribution in [1.29, 1.82) is 0 Å². The van der Waals surface area contributed by atoms with E-state index in [0.29, 0.717) is 0 Å². The minimum atomic E-state index is -0.666. The van der Waals surface area contributed by atoms with Gasteiger partial charge < -0.3 is 9.47 Å². The number of ether oxygens (including phenoxy) is 2. The minimum Gasteiger partial charge on any atom is -0.438 e. The minimum absolute atomic E-state index is 0.294. The average molecular weight is 206 g/mol. The molecule has 0 spiro atoms. The Bertz CT molecular complexity index is 330. The third kappa shape index (κ3) is 4.31. The van der Waals surface area contributed by atoms with Crippen LogP contribution in [0.5, 0.6) is 0 Å². The molecule has 3 nitrogen and oxygen atoms in total. The van der Waals surface area contributed by atoms with Gasteiger partial charge in [-0.05, 0) is 18.6 Å². The van der Waals surface area contributed by atoms with Crippen molar-refractivity contribution in [1.82, 2.24) is 0 Å². The summed E-state index contributed by atoms with van der Waals surface area (Å²) in [6, 6.07) is 9.80. The van der Waals surface area contributed by atoms with Gasteiger partial charge in [0.15, 0.2) is 0 Å². The zero-order valence-electron chi connectivity index (χ0n) is 8.84. The third-order valence-electron chi connectivity index (χ3n) is 1.81. The number of carbonyl (C=O) groups is 1. The second kappa shape index (κ2) is 5.86. The topological polar surface area (TPSA) is 35.5 Å². The molecule has 1 aromatic rings. The van der Waals surface area contributed by atoms with E-state index in [2.05, 4.69) is 4.74 Å². The average Bonchev–Trinajstić information content (AvgIpc) is 2.27. The Balaban J connectivity index is 2.47. The fraction of sp³-hybridized carbons (Fsp3) is 0.250. The molecular weight excluding hydrogens is 192 g/mol. The van der Waals surface area contributed by atoms with Crippen LogP contribution in [0.3, 0.4) is 0 Å². The van der Waals surface area contributed by atoms with Gasteiger partial charge in [-0.2, -0.15) is 0 Å². The molecule has 1 aromatic carbocycles. The Hall–Kier alpha value is -1.77. The first kappa shape index (κ1) is 11.3. The number of hydrogen-bond acceptors (Lipinski definition) is 3. The second-order valence-corrected chi connectivity index (χ2v) is 3.05. The van der Waals surface area contributed by atoms with Crippen LogP contribution >= 0.6 is 0 Å². The van der Waals surface area contributed by atoms with Crippen LogP contribution in [-0.2, 0) is 9.47 Å². The molecule has 0 amide bonds. The van der Waals surface area contributed by atoms with Crippen molar-refractivity contribution in [3.05, 3.63) is 42.0 Å². The van der Waals surface area contributed by atoms with E-state index in [1.165, 1.54) is 7.11 Å². The predicted molar refractivity (Wildman–Crippen MR) is 58.4 cm³/mol. The van der Waals surface area contributed by atoms with Crippen molar-refractivity contribution in [3.8, 4) is 0 Å². The van der Waals surface area contributed by atoms with Crippen LogP contribution in [0.25, 0.3) is 6.08 Å². The maximum atomic E-state index is 10.8. The van der Waals surface area contributed by atoms with Gasteiger partial charge in [0.1, 0.15) is 6.10 Å². The lowest BCUT2D eigenvalue weighted by Gasteiger charge is -2.06. The van der Waals surface area contributed by atoms with E-state index in [0.717, 1.165) is 5.56 Å². The zero-order valence-corrected chi connectivity index (χ0v) is 8.84. The number of rotatable bonds is 3. The summed E-state index contributed by atoms with van der Waals surface area (Å²) in [6.07, 6.45) is 2.73. The van der Waals surface area contributed by atoms with E-state index >= 15 is 0 Å². The van der Waals surface area contributed by atoms with Crippen LogP contribution in [0.2, 0.25) is 0 Å². The summed E-state index contributed by atoms with van der Waals surface area (Å²) in [5.41, 5.74) is 1.07. The van der Waals surface area contributed by atoms with E-state index in [9.17, 15) is 4.79 Å². The molecule has 0 heterocycles. The van der Waals surface area contributed by atoms with Gasteiger partial charge in [-0.3, -0.25) is 0 Å². The van der Waals surface area contributed by atoms with Crippen LogP contribution in [0.1, 0.15) is 12.5 Å². The molecule has 80 valence electrons. The summed E-state index contributed by atoms with van der Waals surface area (Å²) in [6.45, 7) is 1.77. The maximum Gasteiger partial charge on any atom is 0.508 e. The van der Waals surface area contributed by atoms with Crippen molar-refractivity contribution >= 4 is 12.2 Å². The molecule has 0 unspecified atom stereocenters. The molecular formula is C12H14O3. The van der Waals surface area contributed by atoms with Crippen LogP contribution in [0.4, 0.5) is 4.79 Å². The van der Waals surface area contributed by atoms with Crippen LogP contribution in [0, 0.1) is 0 Å². The lowest BCUT2D eigenvalue weighted by atomic mass is 10.2. The fourth-order valence-electron chi connectivity index (χ4n) is 1.05. The standard InChI is InChI=1S/C12H14O3/c1-10(15-12(13)14-2)8-9-11-6-4-3-5-7-11/h3-10H,1-2H3/b9-8+/t10-/m0/s1. The van der Waals surface area contributed by atoms with E-state index in [4.69, 9.17) is 4.74 Å². The highest BCUT2D eigenvalue weighted by Crippen LogP contribution is 2.04. The zero-order chi connectivity index (χ0) is 11.1. The highest BCUT2D eigenvalue weighted by Gasteiger charge is 2.04. The molecule has 0 aliphatic rings. The highest BCUT2D eigenvalue weighted by atomic mass is 16.7. The molecule has 1 atom stereocenters. The largest absolute Gasteiger partial charge is 0.508 e. The lowest BCUT2D eigenvalue weighted by molar-refractivity contribution is 0.0581. The first-order valence-corrected chi connectivity index (χ1v) is 4.70. The SMILES string of the molecule is COC(=O)O[C@@H](C)/C=C/c1ccccc1. The van der Waals surface area contributed by atoms with Gasteiger partial charge in [-0.25, -0.2) is 4.79 Å². The van der Waals surface area contributed by atoms with Crippen molar-refractivity contribution in [2.45, 2.75) is 13.0 Å². The summed E-state index contributed by atoms with van der Waals surface area (Å²) in [4.78, 5) is 10.8. The molecule has 3 heteroatoms. The van der Waals surface area contributed by atoms with E-state index in [1.54, 1.807) is 13.0 Å². The second-order valence-electron chi connectivity index (χ2n) is 3.05. The van der Waals surface area contributed by atoms with Gasteiger partial charge in [0.2, 0.25) is 0 Å². The van der Waals surface area contributed by atoms with Gasteiger partial charge in [0, 0.05) is 0 Å². The summed E-state index contributed by atoms with van der Waals surface area (Å²) in [5, 5.41) is 0. The molecule has 0 aromatic heterocycles. The number of benzene rings is 1. The maximum absolute atomic E-state index is 10.8. The number of hydrogen-bond donors (Lipinski definition) is 0. The van der Waals surface area contributed by atoms with Crippen molar-refractivity contribution in [2.75, 3.05) is 7.11 Å². The van der Waals surface area contributed by atoms with Gasteiger partial charge >= 0.3 is 6.16 Å². The Morgan fingerprint density at radius 3 is 2.60 bits per heavy atom. The van der Waals surface area contributed by atoms with Gasteiger partial charge in [0.05, 0.1) is 7.11 Å². The molecule has 0 N–H and O–H groups in total. The van der Waals surface area contributed by atoms with Crippen LogP contribution in [0.15, 0.2) is 36.4 Å². The van der Waals surface area contributed by atoms with E-state index < -0.39 is 6.16 Å². The molecule has 0 bridgehead atoms. The molecule has 0 aliphatic carbocycles. The van der Waals surface area contributed by atoms with E-state index in [1.807, 2.05) is 36.4 Å². The number of carbonyl (C=O) groups excluding carboxylic acids is 1. The lowest BCUT2D eigenvalue weighted by Crippen LogP contribution is -2.12. The molecule has 0 fully saturated rings. The predicted octanol–water partition coefficient (Wildman–Crippen LogP) is 2.87. The summed E-state index contributed by atoms with van der Waals surface area (Å²) >= 11 is 0. The molecule has 0 saturated heterocycles. The Kier molecular flexibility index (Phi) is 4.41. The van der Waals surface area contributed by atoms with Gasteiger partial charge in [-0.1, -0.05) is 36.4 Å². The molecule has 0 radical (unpaired) electrons. The fourth-order valence-corrected chi connectivity index (χ4v) is 1.05.